The average molecular weight is 578 g/mol. The second kappa shape index (κ2) is 9.70. The number of nitrogens with zero attached hydrogens (tertiary/aromatic N) is 1. The minimum absolute atomic E-state index is 0.0985. The number of fused-ring (bicyclic) bond motifs is 7. The maximum Gasteiger partial charge on any atom is 0.136 e. The summed E-state index contributed by atoms with van der Waals surface area (Å²) < 4.78 is 6.41. The minimum atomic E-state index is -0.0985. The third-order valence-corrected chi connectivity index (χ3v) is 9.63. The minimum Gasteiger partial charge on any atom is -0.456 e. The normalized spacial score (nSPS) is 13.3. The molecule has 0 saturated carbocycles. The Bertz CT molecular complexity index is 2410. The quantitative estimate of drug-likeness (QED) is 0.207. The van der Waals surface area contributed by atoms with Gasteiger partial charge in [0.1, 0.15) is 11.2 Å². The van der Waals surface area contributed by atoms with Crippen LogP contribution in [0, 0.1) is 0 Å². The lowest BCUT2D eigenvalue weighted by atomic mass is 9.82. The number of furan rings is 1. The lowest BCUT2D eigenvalue weighted by Gasteiger charge is -2.30. The molecule has 1 aromatic heterocycles. The van der Waals surface area contributed by atoms with E-state index in [1.54, 1.807) is 0 Å². The highest BCUT2D eigenvalue weighted by atomic mass is 16.3. The smallest absolute Gasteiger partial charge is 0.136 e. The zero-order valence-electron chi connectivity index (χ0n) is 25.3. The first-order valence-electron chi connectivity index (χ1n) is 15.6. The molecule has 0 radical (unpaired) electrons. The van der Waals surface area contributed by atoms with Gasteiger partial charge in [0.05, 0.1) is 11.4 Å². The van der Waals surface area contributed by atoms with Crippen LogP contribution in [0.5, 0.6) is 0 Å². The van der Waals surface area contributed by atoms with E-state index in [0.29, 0.717) is 0 Å². The summed E-state index contributed by atoms with van der Waals surface area (Å²) in [5.74, 6) is 0. The van der Waals surface area contributed by atoms with Crippen molar-refractivity contribution >= 4 is 49.8 Å². The summed E-state index contributed by atoms with van der Waals surface area (Å²) >= 11 is 0. The molecule has 9 rings (SSSR count). The number of rotatable bonds is 4. The fourth-order valence-electron chi connectivity index (χ4n) is 7.46. The van der Waals surface area contributed by atoms with Gasteiger partial charge in [-0.15, -0.1) is 0 Å². The predicted molar refractivity (Wildman–Crippen MR) is 189 cm³/mol. The SMILES string of the molecule is CC1(C)c2ccccc2-c2c(N(c3cccc(-c4ccccc4)c3)c3cccc4cc5c(cc34)oc3ccccc35)cccc21. The molecule has 45 heavy (non-hydrogen) atoms. The van der Waals surface area contributed by atoms with Crippen molar-refractivity contribution in [2.45, 2.75) is 19.3 Å². The Balaban J connectivity index is 1.35. The summed E-state index contributed by atoms with van der Waals surface area (Å²) in [6.45, 7) is 4.69. The second-order valence-electron chi connectivity index (χ2n) is 12.6. The largest absolute Gasteiger partial charge is 0.456 e. The van der Waals surface area contributed by atoms with Crippen LogP contribution in [0.1, 0.15) is 25.0 Å². The van der Waals surface area contributed by atoms with Crippen LogP contribution >= 0.6 is 0 Å². The molecule has 0 fully saturated rings. The second-order valence-corrected chi connectivity index (χ2v) is 12.6. The van der Waals surface area contributed by atoms with E-state index < -0.39 is 0 Å². The number of para-hydroxylation sites is 1. The van der Waals surface area contributed by atoms with Gasteiger partial charge in [-0.2, -0.15) is 0 Å². The lowest BCUT2D eigenvalue weighted by molar-refractivity contribution is 0.660. The molecular formula is C43H31NO. The highest BCUT2D eigenvalue weighted by Crippen LogP contribution is 2.54. The zero-order chi connectivity index (χ0) is 30.1. The lowest BCUT2D eigenvalue weighted by Crippen LogP contribution is -2.16. The van der Waals surface area contributed by atoms with Crippen molar-refractivity contribution in [2.75, 3.05) is 4.90 Å². The van der Waals surface area contributed by atoms with Crippen molar-refractivity contribution in [1.82, 2.24) is 0 Å². The summed E-state index contributed by atoms with van der Waals surface area (Å²) in [6, 6.07) is 54.7. The molecule has 0 amide bonds. The topological polar surface area (TPSA) is 16.4 Å². The first-order chi connectivity index (χ1) is 22.1. The summed E-state index contributed by atoms with van der Waals surface area (Å²) in [5, 5.41) is 4.62. The Morgan fingerprint density at radius 2 is 1.20 bits per heavy atom. The molecule has 0 N–H and O–H groups in total. The van der Waals surface area contributed by atoms with Crippen LogP contribution in [0.25, 0.3) is 55.0 Å². The van der Waals surface area contributed by atoms with E-state index >= 15 is 0 Å². The molecule has 8 aromatic rings. The van der Waals surface area contributed by atoms with Gasteiger partial charge >= 0.3 is 0 Å². The molecule has 0 atom stereocenters. The van der Waals surface area contributed by atoms with E-state index in [9.17, 15) is 0 Å². The van der Waals surface area contributed by atoms with Gasteiger partial charge in [0, 0.05) is 32.8 Å². The van der Waals surface area contributed by atoms with E-state index in [2.05, 4.69) is 164 Å². The Labute approximate surface area is 262 Å². The Hall–Kier alpha value is -5.60. The van der Waals surface area contributed by atoms with Crippen LogP contribution in [0.15, 0.2) is 156 Å². The maximum atomic E-state index is 6.41. The third kappa shape index (κ3) is 3.89. The molecule has 0 unspecified atom stereocenters. The van der Waals surface area contributed by atoms with E-state index in [1.165, 1.54) is 44.5 Å². The molecule has 2 heteroatoms. The highest BCUT2D eigenvalue weighted by molar-refractivity contribution is 6.13. The fourth-order valence-corrected chi connectivity index (χ4v) is 7.46. The van der Waals surface area contributed by atoms with Crippen LogP contribution < -0.4 is 4.90 Å². The van der Waals surface area contributed by atoms with Crippen LogP contribution in [0.2, 0.25) is 0 Å². The molecule has 0 bridgehead atoms. The Morgan fingerprint density at radius 1 is 0.489 bits per heavy atom. The van der Waals surface area contributed by atoms with E-state index in [-0.39, 0.29) is 5.41 Å². The molecule has 7 aromatic carbocycles. The van der Waals surface area contributed by atoms with Crippen molar-refractivity contribution in [3.63, 3.8) is 0 Å². The van der Waals surface area contributed by atoms with Crippen LogP contribution in [0.3, 0.4) is 0 Å². The van der Waals surface area contributed by atoms with E-state index in [1.807, 2.05) is 6.07 Å². The third-order valence-electron chi connectivity index (χ3n) is 9.63. The molecule has 2 nitrogen and oxygen atoms in total. The molecule has 0 aliphatic heterocycles. The van der Waals surface area contributed by atoms with Crippen molar-refractivity contribution in [3.8, 4) is 22.3 Å². The zero-order valence-corrected chi connectivity index (χ0v) is 25.3. The maximum absolute atomic E-state index is 6.41. The van der Waals surface area contributed by atoms with Gasteiger partial charge < -0.3 is 9.32 Å². The van der Waals surface area contributed by atoms with Gasteiger partial charge in [-0.25, -0.2) is 0 Å². The molecular weight excluding hydrogens is 546 g/mol. The van der Waals surface area contributed by atoms with Gasteiger partial charge in [-0.3, -0.25) is 0 Å². The van der Waals surface area contributed by atoms with Gasteiger partial charge in [-0.05, 0) is 75.7 Å². The van der Waals surface area contributed by atoms with Crippen molar-refractivity contribution in [1.29, 1.82) is 0 Å². The summed E-state index contributed by atoms with van der Waals surface area (Å²) in [7, 11) is 0. The Morgan fingerprint density at radius 3 is 2.11 bits per heavy atom. The van der Waals surface area contributed by atoms with Gasteiger partial charge in [0.25, 0.3) is 0 Å². The van der Waals surface area contributed by atoms with Crippen molar-refractivity contribution in [2.24, 2.45) is 0 Å². The van der Waals surface area contributed by atoms with Gasteiger partial charge in [0.15, 0.2) is 0 Å². The van der Waals surface area contributed by atoms with Gasteiger partial charge in [-0.1, -0.05) is 123 Å². The first-order valence-corrected chi connectivity index (χ1v) is 15.6. The number of hydrogen-bond acceptors (Lipinski definition) is 2. The average Bonchev–Trinajstić information content (AvgIpc) is 3.56. The number of anilines is 3. The fraction of sp³-hybridized carbons (Fsp3) is 0.0698. The van der Waals surface area contributed by atoms with Crippen molar-refractivity contribution < 1.29 is 4.42 Å². The van der Waals surface area contributed by atoms with Gasteiger partial charge in [0.2, 0.25) is 0 Å². The molecule has 1 heterocycles. The predicted octanol–water partition coefficient (Wildman–Crippen LogP) is 12.2. The molecule has 214 valence electrons. The van der Waals surface area contributed by atoms with Crippen LogP contribution in [-0.2, 0) is 5.41 Å². The number of hydrogen-bond donors (Lipinski definition) is 0. The monoisotopic (exact) mass is 577 g/mol. The first kappa shape index (κ1) is 25.9. The molecule has 1 aliphatic carbocycles. The summed E-state index contributed by atoms with van der Waals surface area (Å²) in [6.07, 6.45) is 0. The van der Waals surface area contributed by atoms with E-state index in [0.717, 1.165) is 38.7 Å². The van der Waals surface area contributed by atoms with Crippen LogP contribution in [0.4, 0.5) is 17.1 Å². The standard InChI is InChI=1S/C43H31NO/c1-43(2)36-20-8-6-19-33(36)42-37(43)21-12-23-39(42)44(31-17-10-15-29(25-31)28-13-4-3-5-14-28)38-22-11-16-30-26-35-32-18-7-9-24-40(32)45-41(35)27-34(30)38/h3-27H,1-2H3. The van der Waals surface area contributed by atoms with E-state index in [4.69, 9.17) is 4.42 Å². The number of benzene rings is 7. The Kier molecular flexibility index (Phi) is 5.58. The highest BCUT2D eigenvalue weighted by Gasteiger charge is 2.37. The molecule has 0 saturated heterocycles. The summed E-state index contributed by atoms with van der Waals surface area (Å²) in [5.41, 5.74) is 12.8. The van der Waals surface area contributed by atoms with Crippen molar-refractivity contribution in [3.05, 3.63) is 163 Å². The molecule has 1 aliphatic rings. The summed E-state index contributed by atoms with van der Waals surface area (Å²) in [4.78, 5) is 2.46. The molecule has 0 spiro atoms. The van der Waals surface area contributed by atoms with Crippen LogP contribution in [-0.4, -0.2) is 0 Å².